The Kier molecular flexibility index (Phi) is 30.4. The van der Waals surface area contributed by atoms with Crippen molar-refractivity contribution in [2.45, 2.75) is 262 Å². The van der Waals surface area contributed by atoms with Gasteiger partial charge in [0, 0.05) is 73.3 Å². The Balaban J connectivity index is 1.29. The minimum absolute atomic E-state index is 0.00326. The molecule has 7 aliphatic rings. The van der Waals surface area contributed by atoms with Gasteiger partial charge in [-0.2, -0.15) is 13.2 Å². The van der Waals surface area contributed by atoms with Crippen molar-refractivity contribution in [2.24, 2.45) is 41.4 Å². The molecule has 103 heavy (non-hydrogen) atoms. The predicted molar refractivity (Wildman–Crippen MR) is 381 cm³/mol. The van der Waals surface area contributed by atoms with Crippen LogP contribution in [0.5, 0.6) is 0 Å². The molecule has 3 N–H and O–H groups in total. The van der Waals surface area contributed by atoms with Crippen molar-refractivity contribution in [3.8, 4) is 0 Å². The van der Waals surface area contributed by atoms with Gasteiger partial charge in [-0.15, -0.1) is 11.6 Å². The Morgan fingerprint density at radius 3 is 1.83 bits per heavy atom. The molecule has 29 heteroatoms. The highest BCUT2D eigenvalue weighted by atomic mass is 35.5. The number of nitrogens with zero attached hydrogens (tertiary/aromatic N) is 9. The van der Waals surface area contributed by atoms with Gasteiger partial charge in [0.05, 0.1) is 45.2 Å². The molecule has 0 bridgehead atoms. The van der Waals surface area contributed by atoms with Crippen LogP contribution in [0.15, 0.2) is 0 Å². The zero-order valence-corrected chi connectivity index (χ0v) is 64.3. The van der Waals surface area contributed by atoms with Crippen LogP contribution in [0.1, 0.15) is 196 Å². The third kappa shape index (κ3) is 21.3. The normalized spacial score (nSPS) is 30.8. The lowest BCUT2D eigenvalue weighted by Gasteiger charge is -2.42. The average Bonchev–Trinajstić information content (AvgIpc) is 1.72. The minimum atomic E-state index is -4.51. The maximum absolute atomic E-state index is 15.7. The van der Waals surface area contributed by atoms with Gasteiger partial charge in [0.1, 0.15) is 47.8 Å². The number of carbonyl (C=O) groups excluding carboxylic acids is 12. The number of fused-ring (bicyclic) bond motifs is 1. The van der Waals surface area contributed by atoms with E-state index >= 15 is 33.6 Å². The van der Waals surface area contributed by atoms with Crippen molar-refractivity contribution in [2.75, 3.05) is 94.8 Å². The number of nitrogens with one attached hydrogen (secondary N) is 3. The van der Waals surface area contributed by atoms with Crippen molar-refractivity contribution in [3.63, 3.8) is 0 Å². The summed E-state index contributed by atoms with van der Waals surface area (Å²) in [6.45, 7) is 12.1. The molecule has 3 heterocycles. The summed E-state index contributed by atoms with van der Waals surface area (Å²) in [4.78, 5) is 193. The number of likely N-dealkylation sites (N-methyl/N-ethyl adjacent to an activating group) is 6. The van der Waals surface area contributed by atoms with Crippen LogP contribution in [0.4, 0.5) is 13.2 Å². The van der Waals surface area contributed by atoms with E-state index in [1.54, 1.807) is 20.8 Å². The molecule has 3 saturated heterocycles. The number of hydrogen-bond donors (Lipinski definition) is 3. The molecule has 11 atom stereocenters. The van der Waals surface area contributed by atoms with Crippen LogP contribution in [-0.4, -0.2) is 275 Å². The second kappa shape index (κ2) is 37.3. The molecule has 0 radical (unpaired) electrons. The first kappa shape index (κ1) is 83.9. The van der Waals surface area contributed by atoms with Gasteiger partial charge < -0.3 is 64.8 Å². The fourth-order valence-corrected chi connectivity index (χ4v) is 17.5. The van der Waals surface area contributed by atoms with Crippen molar-refractivity contribution in [3.05, 3.63) is 0 Å². The number of halogens is 4. The molecule has 12 amide bonds. The highest BCUT2D eigenvalue weighted by Gasteiger charge is 2.53. The summed E-state index contributed by atoms with van der Waals surface area (Å²) < 4.78 is 47.8. The molecule has 7 fully saturated rings. The minimum Gasteiger partial charge on any atom is -0.378 e. The van der Waals surface area contributed by atoms with Gasteiger partial charge in [-0.3, -0.25) is 57.5 Å². The van der Waals surface area contributed by atoms with Crippen LogP contribution in [0.3, 0.4) is 0 Å². The Morgan fingerprint density at radius 1 is 0.631 bits per heavy atom. The van der Waals surface area contributed by atoms with Crippen molar-refractivity contribution in [1.29, 1.82) is 0 Å². The Bertz CT molecular complexity index is 2990. The first-order chi connectivity index (χ1) is 48.5. The zero-order chi connectivity index (χ0) is 76.1. The lowest BCUT2D eigenvalue weighted by Crippen LogP contribution is -2.65. The molecule has 25 nitrogen and oxygen atoms in total. The van der Waals surface area contributed by atoms with E-state index in [1.165, 1.54) is 76.6 Å². The third-order valence-electron chi connectivity index (χ3n) is 23.6. The van der Waals surface area contributed by atoms with Crippen molar-refractivity contribution >= 4 is 82.5 Å². The second-order valence-corrected chi connectivity index (χ2v) is 32.5. The maximum atomic E-state index is 15.7. The Hall–Kier alpha value is -6.32. The number of ether oxygens (including phenoxy) is 1. The van der Waals surface area contributed by atoms with E-state index in [9.17, 15) is 37.1 Å². The summed E-state index contributed by atoms with van der Waals surface area (Å²) in [5, 5.41) is 7.64. The average molecular weight is 1480 g/mol. The standard InChI is InChI=1S/C74H120ClF3N12O13/c1-14-48(7)63-70(100)84(10)43-61(93)82(8)44-62(94)90(46(4)5)58(40-50-25-23-47(6)24-26-50)68(98)83(9)42-59(91)79-54(30-28-49-27-29-52(53(75)39-49)74(76,77)78)67(97)89-33-19-22-55(89)66(96)81-73(31-17-18-32-73)72(102)87(13)64(51-20-15-16-21-51)71(101)86(12)57(69(99)88-34-36-103-37-35-88)41-60(92)85(11)56(38-45(2)3)65(95)80-63/h45-58,63-64H,14-44H2,1-13H3,(H,79,91)(H,80,95)(H,81,96)/t47?,48-,49?,50?,52?,53?,54-,55-,56-,57-,58-,63-,64-/m0/s1. The van der Waals surface area contributed by atoms with E-state index in [0.717, 1.165) is 48.3 Å². The van der Waals surface area contributed by atoms with E-state index in [0.29, 0.717) is 44.4 Å². The maximum Gasteiger partial charge on any atom is 0.393 e. The first-order valence-electron chi connectivity index (χ1n) is 38.1. The molecule has 4 saturated carbocycles. The van der Waals surface area contributed by atoms with Gasteiger partial charge >= 0.3 is 6.18 Å². The highest BCUT2D eigenvalue weighted by Crippen LogP contribution is 2.44. The SMILES string of the molecule is CC[C@H](C)[C@@H]1NC(=O)[C@H](CC(C)C)N(C)C(=O)C[C@@H](C(=O)N2CCOCC2)N(C)C(=O)[C@H](C2CCCC2)N(C)C(=O)C2(CCCC2)NC(=O)[C@@H]2CCCN2C(=O)[C@H](CCC2CCC(C(F)(F)F)C(Cl)C2)NC(=O)CN(C)C(=O)[C@H](CC2CCC(C)CC2)N(C(C)C)C(=O)CN(C)C(=O)CN(C)C1=O. The third-order valence-corrected chi connectivity index (χ3v) is 24.1. The monoisotopic (exact) mass is 1480 g/mol. The number of alkyl halides is 4. The van der Waals surface area contributed by atoms with Gasteiger partial charge in [-0.1, -0.05) is 92.4 Å². The molecule has 3 unspecified atom stereocenters. The van der Waals surface area contributed by atoms with Crippen molar-refractivity contribution < 1.29 is 75.4 Å². The summed E-state index contributed by atoms with van der Waals surface area (Å²) in [6, 6.07) is -9.29. The smallest absolute Gasteiger partial charge is 0.378 e. The van der Waals surface area contributed by atoms with E-state index < -0.39 is 180 Å². The van der Waals surface area contributed by atoms with Crippen LogP contribution in [0.2, 0.25) is 0 Å². The van der Waals surface area contributed by atoms with Gasteiger partial charge in [0.15, 0.2) is 0 Å². The molecule has 4 aliphatic carbocycles. The molecular weight excluding hydrogens is 1360 g/mol. The summed E-state index contributed by atoms with van der Waals surface area (Å²) in [5.41, 5.74) is -1.56. The molecule has 582 valence electrons. The number of carbonyl (C=O) groups is 12. The quantitative estimate of drug-likeness (QED) is 0.190. The van der Waals surface area contributed by atoms with Gasteiger partial charge in [0.25, 0.3) is 0 Å². The van der Waals surface area contributed by atoms with Gasteiger partial charge in [0.2, 0.25) is 70.9 Å². The predicted octanol–water partition coefficient (Wildman–Crippen LogP) is 5.97. The highest BCUT2D eigenvalue weighted by molar-refractivity contribution is 6.21. The fourth-order valence-electron chi connectivity index (χ4n) is 17.0. The molecule has 0 aromatic rings. The van der Waals surface area contributed by atoms with E-state index in [1.807, 2.05) is 20.8 Å². The van der Waals surface area contributed by atoms with Crippen LogP contribution in [0, 0.1) is 41.4 Å². The topological polar surface area (TPSA) is 279 Å². The van der Waals surface area contributed by atoms with E-state index in [4.69, 9.17) is 16.3 Å². The number of morpholine rings is 1. The van der Waals surface area contributed by atoms with Crippen LogP contribution < -0.4 is 16.0 Å². The summed E-state index contributed by atoms with van der Waals surface area (Å²) in [6.07, 6.45) is 3.49. The number of rotatable bonds is 12. The largest absolute Gasteiger partial charge is 0.393 e. The number of hydrogen-bond acceptors (Lipinski definition) is 13. The summed E-state index contributed by atoms with van der Waals surface area (Å²) >= 11 is 6.43. The van der Waals surface area contributed by atoms with E-state index in [2.05, 4.69) is 22.9 Å². The Labute approximate surface area is 613 Å². The molecule has 0 aromatic carbocycles. The van der Waals surface area contributed by atoms with Gasteiger partial charge in [-0.25, -0.2) is 0 Å². The second-order valence-electron chi connectivity index (χ2n) is 32.0. The number of amides is 12. The molecule has 1 spiro atoms. The molecule has 0 aromatic heterocycles. The first-order valence-corrected chi connectivity index (χ1v) is 38.6. The Morgan fingerprint density at radius 2 is 1.24 bits per heavy atom. The molecular formula is C74H120ClF3N12O13. The van der Waals surface area contributed by atoms with Crippen molar-refractivity contribution in [1.82, 2.24) is 60.0 Å². The molecule has 3 aliphatic heterocycles. The van der Waals surface area contributed by atoms with Crippen LogP contribution in [-0.2, 0) is 62.3 Å². The summed E-state index contributed by atoms with van der Waals surface area (Å²) in [5.74, 6) is -10.3. The van der Waals surface area contributed by atoms with E-state index in [-0.39, 0.29) is 115 Å². The zero-order valence-electron chi connectivity index (χ0n) is 63.5. The summed E-state index contributed by atoms with van der Waals surface area (Å²) in [7, 11) is 8.60. The fraction of sp³-hybridized carbons (Fsp3) is 0.838. The lowest BCUT2D eigenvalue weighted by molar-refractivity contribution is -0.182. The van der Waals surface area contributed by atoms with Gasteiger partial charge in [-0.05, 0) is 133 Å². The van der Waals surface area contributed by atoms with Crippen LogP contribution in [0.25, 0.3) is 0 Å². The lowest BCUT2D eigenvalue weighted by atomic mass is 9.78. The van der Waals surface area contributed by atoms with Crippen LogP contribution >= 0.6 is 11.6 Å². The molecule has 7 rings (SSSR count).